The summed E-state index contributed by atoms with van der Waals surface area (Å²) in [5, 5.41) is 93.5. The largest absolute Gasteiger partial charge is 0.508 e. The Balaban J connectivity index is 0.738. The molecule has 6 heterocycles. The number of anilines is 1. The van der Waals surface area contributed by atoms with Crippen LogP contribution in [0.15, 0.2) is 78.0 Å². The summed E-state index contributed by atoms with van der Waals surface area (Å²) < 4.78 is 17.3. The summed E-state index contributed by atoms with van der Waals surface area (Å²) in [5.41, 5.74) is 6.30. The third kappa shape index (κ3) is 20.2. The van der Waals surface area contributed by atoms with Crippen LogP contribution in [0.3, 0.4) is 0 Å². The highest BCUT2D eigenvalue weighted by molar-refractivity contribution is 7.80. The van der Waals surface area contributed by atoms with Gasteiger partial charge in [-0.05, 0) is 169 Å². The van der Waals surface area contributed by atoms with Crippen molar-refractivity contribution >= 4 is 112 Å². The number of carboxylic acid groups (broad SMARTS) is 3. The Morgan fingerprint density at radius 2 is 1.22 bits per heavy atom. The van der Waals surface area contributed by atoms with E-state index in [2.05, 4.69) is 42.4 Å². The number of ether oxygens (including phenoxy) is 3. The van der Waals surface area contributed by atoms with Crippen LogP contribution in [0.2, 0.25) is 0 Å². The molecule has 11 unspecified atom stereocenters. The zero-order valence-electron chi connectivity index (χ0n) is 63.6. The number of phenolic OH excluding ortho intramolecular Hbond substituents is 3. The molecule has 4 saturated heterocycles. The van der Waals surface area contributed by atoms with Gasteiger partial charge in [0.15, 0.2) is 34.4 Å². The third-order valence-corrected chi connectivity index (χ3v) is 21.3. The summed E-state index contributed by atoms with van der Waals surface area (Å²) in [6.45, 7) is 2.65. The Labute approximate surface area is 669 Å². The number of carboxylic acids is 3. The number of fused-ring (bicyclic) bond motifs is 6. The number of piperidine rings is 1. The molecular formula is C77H93N13O25S. The molecule has 0 aliphatic carbocycles. The normalized spacial score (nSPS) is 19.9. The number of benzene rings is 4. The van der Waals surface area contributed by atoms with Crippen molar-refractivity contribution in [2.45, 2.75) is 195 Å². The number of nitrogens with zero attached hydrogens (tertiary/aromatic N) is 5. The van der Waals surface area contributed by atoms with Crippen molar-refractivity contribution in [3.8, 4) is 34.5 Å². The maximum absolute atomic E-state index is 15.0. The maximum Gasteiger partial charge on any atom is 0.340 e. The van der Waals surface area contributed by atoms with Crippen LogP contribution in [-0.2, 0) is 77.5 Å². The van der Waals surface area contributed by atoms with Crippen molar-refractivity contribution < 1.29 is 122 Å². The molecule has 6 aliphatic heterocycles. The van der Waals surface area contributed by atoms with E-state index >= 15 is 4.79 Å². The number of unbranched alkanes of at least 4 members (excludes halogenated alkanes) is 1. The zero-order valence-corrected chi connectivity index (χ0v) is 64.4. The summed E-state index contributed by atoms with van der Waals surface area (Å²) in [4.78, 5) is 201. The Kier molecular flexibility index (Phi) is 28.3. The number of hydrogen-bond acceptors (Lipinski definition) is 24. The fourth-order valence-corrected chi connectivity index (χ4v) is 15.5. The number of primary amides is 1. The monoisotopic (exact) mass is 1630 g/mol. The van der Waals surface area contributed by atoms with Crippen molar-refractivity contribution in [1.82, 2.24) is 51.5 Å². The smallest absolute Gasteiger partial charge is 0.340 e. The Bertz CT molecular complexity index is 4470. The van der Waals surface area contributed by atoms with Gasteiger partial charge in [0.2, 0.25) is 59.1 Å². The number of aromatic hydroxyl groups is 3. The van der Waals surface area contributed by atoms with E-state index in [0.29, 0.717) is 66.6 Å². The van der Waals surface area contributed by atoms with E-state index in [1.165, 1.54) is 79.4 Å². The highest BCUT2D eigenvalue weighted by Gasteiger charge is 2.55. The van der Waals surface area contributed by atoms with Crippen molar-refractivity contribution in [2.75, 3.05) is 45.2 Å². The van der Waals surface area contributed by atoms with Gasteiger partial charge >= 0.3 is 23.9 Å². The zero-order chi connectivity index (χ0) is 84.0. The Hall–Kier alpha value is -12.4. The molecule has 39 heteroatoms. The number of methoxy groups -OCH3 is 1. The lowest BCUT2D eigenvalue weighted by Gasteiger charge is -2.39. The highest BCUT2D eigenvalue weighted by Crippen LogP contribution is 2.57. The van der Waals surface area contributed by atoms with E-state index < -0.39 is 188 Å². The molecule has 38 nitrogen and oxygen atoms in total. The summed E-state index contributed by atoms with van der Waals surface area (Å²) >= 11 is 5.63. The number of likely N-dealkylation sites (tertiary alicyclic amines) is 4. The summed E-state index contributed by atoms with van der Waals surface area (Å²) in [6, 6.07) is 4.59. The number of oxime groups is 1. The molecule has 11 atom stereocenters. The maximum atomic E-state index is 15.0. The van der Waals surface area contributed by atoms with Crippen molar-refractivity contribution in [1.29, 1.82) is 0 Å². The summed E-state index contributed by atoms with van der Waals surface area (Å²) in [6.07, 6.45) is -2.77. The number of carbonyl (C=O) groups excluding carboxylic acids is 11. The number of rotatable bonds is 34. The number of phenols is 3. The van der Waals surface area contributed by atoms with Crippen LogP contribution in [0.5, 0.6) is 34.5 Å². The van der Waals surface area contributed by atoms with Gasteiger partial charge in [0.25, 0.3) is 0 Å². The average molecular weight is 1630 g/mol. The topological polar surface area (TPSA) is 553 Å². The molecular weight excluding hydrogens is 1540 g/mol. The molecule has 4 fully saturated rings. The van der Waals surface area contributed by atoms with Crippen LogP contribution in [0.4, 0.5) is 5.69 Å². The Morgan fingerprint density at radius 1 is 0.621 bits per heavy atom. The lowest BCUT2D eigenvalue weighted by molar-refractivity contribution is -0.153. The van der Waals surface area contributed by atoms with E-state index in [-0.39, 0.29) is 116 Å². The molecule has 4 aromatic rings. The number of thiocarbonyl (C=S) groups is 1. The number of nitrogens with two attached hydrogens (primary N) is 1. The first kappa shape index (κ1) is 86.0. The van der Waals surface area contributed by atoms with Crippen molar-refractivity contribution in [3.05, 3.63) is 101 Å². The van der Waals surface area contributed by atoms with Gasteiger partial charge in [-0.3, -0.25) is 62.3 Å². The second kappa shape index (κ2) is 38.1. The lowest BCUT2D eigenvalue weighted by Crippen LogP contribution is -2.62. The number of hydrogen-bond donors (Lipinski definition) is 15. The van der Waals surface area contributed by atoms with Gasteiger partial charge < -0.3 is 117 Å². The van der Waals surface area contributed by atoms with Crippen LogP contribution in [0, 0.1) is 0 Å². The molecule has 10 rings (SSSR count). The molecule has 16 N–H and O–H groups in total. The SMILES string of the molecule is COc1ccc(/C=N\OC2CCN(C(=O)C3CCCCN3C(=O)C(C)NC(=O)C(NC(=O)C3CCCN3C(=O)C(CCC(=O)O)NC(=O)C3CCCN3C(=O)CCCCNC(=S)Nc3ccc4c(c3)C3(OC4=O)c4ccc(O)cc4Oc4cc(O)ccc43)C(C)O)C2C(=O)NC(CCC(=O)O)C(=O)NC(CCC(=O)O)C(N)=O)cc1O. The minimum Gasteiger partial charge on any atom is -0.508 e. The van der Waals surface area contributed by atoms with E-state index in [9.17, 15) is 98.1 Å². The first-order valence-electron chi connectivity index (χ1n) is 38.0. The number of carbonyl (C=O) groups is 14. The summed E-state index contributed by atoms with van der Waals surface area (Å²) in [7, 11) is 1.34. The minimum atomic E-state index is -1.78. The standard InChI is InChI=1S/C77H93N13O25S/c1-39(72(108)89-30-7-5-10-54(89)74(110)90-33-28-57(115-80-38-41-14-24-56(112-3)55(94)34-41)65(90)71(107)84-50(22-26-62(98)99)67(103)83-49(66(78)102)21-25-61(96)97)81-70(106)64(40(2)91)86-69(105)53-12-9-32-88(53)73(109)51(23-27-63(100)101)85-68(104)52-11-8-31-87(52)60(95)13-4-6-29-79-76(116)82-42-15-18-45-48(35-42)77(114-75(45)111)46-19-16-43(92)36-58(46)113-59-37-44(93)17-20-47(59)77/h14-20,24,34-40,49-54,57,64-65,91-94H,4-13,21-23,25-33H2,1-3H3,(H2,78,102)(H,81,106)(H,83,103)(H,84,107)(H,85,104)(H,86,105)(H,96,97)(H,98,99)(H,100,101)(H2,79,82,116)/b80-38-. The number of aliphatic hydroxyl groups is 1. The number of amides is 10. The molecule has 0 saturated carbocycles. The summed E-state index contributed by atoms with van der Waals surface area (Å²) in [5.74, 6) is -13.4. The predicted molar refractivity (Wildman–Crippen MR) is 409 cm³/mol. The number of esters is 1. The molecule has 0 bridgehead atoms. The highest BCUT2D eigenvalue weighted by atomic mass is 32.1. The first-order valence-corrected chi connectivity index (χ1v) is 38.4. The molecule has 116 heavy (non-hydrogen) atoms. The molecule has 0 radical (unpaired) electrons. The molecule has 4 aromatic carbocycles. The fraction of sp³-hybridized carbons (Fsp3) is 0.481. The molecule has 622 valence electrons. The van der Waals surface area contributed by atoms with E-state index in [1.54, 1.807) is 30.3 Å². The van der Waals surface area contributed by atoms with Crippen LogP contribution in [0.25, 0.3) is 0 Å². The number of aliphatic hydroxyl groups excluding tert-OH is 1. The number of nitrogens with one attached hydrogen (secondary N) is 7. The fourth-order valence-electron chi connectivity index (χ4n) is 15.3. The average Bonchev–Trinajstić information content (AvgIpc) is 1.50. The molecule has 10 amide bonds. The number of aliphatic carboxylic acids is 3. The second-order valence-corrected chi connectivity index (χ2v) is 29.4. The van der Waals surface area contributed by atoms with Gasteiger partial charge in [-0.15, -0.1) is 0 Å². The van der Waals surface area contributed by atoms with Gasteiger partial charge in [-0.25, -0.2) is 4.79 Å². The van der Waals surface area contributed by atoms with Gasteiger partial charge in [0.1, 0.15) is 71.3 Å². The first-order chi connectivity index (χ1) is 55.3. The van der Waals surface area contributed by atoms with Crippen molar-refractivity contribution in [3.63, 3.8) is 0 Å². The lowest BCUT2D eigenvalue weighted by atomic mass is 9.77. The van der Waals surface area contributed by atoms with Gasteiger partial charge in [-0.1, -0.05) is 5.16 Å². The van der Waals surface area contributed by atoms with Crippen LogP contribution < -0.4 is 52.4 Å². The van der Waals surface area contributed by atoms with Gasteiger partial charge in [-0.2, -0.15) is 0 Å². The minimum absolute atomic E-state index is 0.0161. The van der Waals surface area contributed by atoms with Gasteiger partial charge in [0, 0.05) is 99.3 Å². The van der Waals surface area contributed by atoms with Crippen LogP contribution in [0.1, 0.15) is 156 Å². The molecule has 6 aliphatic rings. The van der Waals surface area contributed by atoms with E-state index in [0.717, 1.165) is 9.80 Å². The Morgan fingerprint density at radius 3 is 1.84 bits per heavy atom. The third-order valence-electron chi connectivity index (χ3n) is 21.1. The molecule has 1 spiro atoms. The van der Waals surface area contributed by atoms with Crippen LogP contribution >= 0.6 is 12.2 Å². The quantitative estimate of drug-likeness (QED) is 0.0102. The predicted octanol–water partition coefficient (Wildman–Crippen LogP) is 1.12. The van der Waals surface area contributed by atoms with Crippen molar-refractivity contribution in [2.24, 2.45) is 10.9 Å². The molecule has 0 aromatic heterocycles. The second-order valence-electron chi connectivity index (χ2n) is 29.0. The van der Waals surface area contributed by atoms with Crippen LogP contribution in [-0.4, -0.2) is 256 Å². The van der Waals surface area contributed by atoms with E-state index in [1.807, 2.05) is 0 Å². The van der Waals surface area contributed by atoms with Gasteiger partial charge in [0.05, 0.1) is 25.0 Å². The van der Waals surface area contributed by atoms with E-state index in [4.69, 9.17) is 37.0 Å².